The first-order chi connectivity index (χ1) is 12.5. The third-order valence-electron chi connectivity index (χ3n) is 3.17. The number of halogens is 1. The summed E-state index contributed by atoms with van der Waals surface area (Å²) in [7, 11) is 1.52. The van der Waals surface area contributed by atoms with Crippen LogP contribution in [-0.2, 0) is 4.79 Å². The van der Waals surface area contributed by atoms with Crippen molar-refractivity contribution in [2.24, 2.45) is 5.10 Å². The molecule has 8 heteroatoms. The van der Waals surface area contributed by atoms with Crippen LogP contribution in [0.2, 0.25) is 0 Å². The molecule has 0 fully saturated rings. The number of carbonyl (C=O) groups excluding carboxylic acids is 1. The van der Waals surface area contributed by atoms with Gasteiger partial charge in [-0.1, -0.05) is 15.9 Å². The molecule has 0 aliphatic heterocycles. The summed E-state index contributed by atoms with van der Waals surface area (Å²) < 4.78 is 16.8. The van der Waals surface area contributed by atoms with Gasteiger partial charge in [0.25, 0.3) is 5.91 Å². The van der Waals surface area contributed by atoms with E-state index in [2.05, 4.69) is 26.5 Å². The summed E-state index contributed by atoms with van der Waals surface area (Å²) in [6.45, 7) is 2.04. The van der Waals surface area contributed by atoms with Gasteiger partial charge in [-0.05, 0) is 48.9 Å². The molecule has 0 saturated carbocycles. The molecule has 0 aliphatic carbocycles. The lowest BCUT2D eigenvalue weighted by molar-refractivity contribution is -0.123. The summed E-state index contributed by atoms with van der Waals surface area (Å²) >= 11 is 3.33. The highest BCUT2D eigenvalue weighted by atomic mass is 79.9. The first-order valence-corrected chi connectivity index (χ1v) is 8.56. The van der Waals surface area contributed by atoms with Crippen LogP contribution in [-0.4, -0.2) is 37.6 Å². The van der Waals surface area contributed by atoms with Crippen LogP contribution in [0.25, 0.3) is 0 Å². The van der Waals surface area contributed by atoms with Gasteiger partial charge in [0.2, 0.25) is 0 Å². The van der Waals surface area contributed by atoms with Crippen molar-refractivity contribution in [3.63, 3.8) is 0 Å². The second-order valence-electron chi connectivity index (χ2n) is 5.04. The van der Waals surface area contributed by atoms with Crippen molar-refractivity contribution >= 4 is 28.1 Å². The number of amides is 1. The summed E-state index contributed by atoms with van der Waals surface area (Å²) in [6, 6.07) is 10.00. The van der Waals surface area contributed by atoms with E-state index in [9.17, 15) is 9.90 Å². The van der Waals surface area contributed by atoms with E-state index < -0.39 is 5.91 Å². The second-order valence-corrected chi connectivity index (χ2v) is 5.95. The van der Waals surface area contributed by atoms with Crippen molar-refractivity contribution < 1.29 is 24.1 Å². The predicted octanol–water partition coefficient (Wildman–Crippen LogP) is 3.09. The fourth-order valence-corrected chi connectivity index (χ4v) is 2.34. The number of nitrogens with zero attached hydrogens (tertiary/aromatic N) is 1. The van der Waals surface area contributed by atoms with E-state index in [1.807, 2.05) is 6.92 Å². The van der Waals surface area contributed by atoms with Crippen molar-refractivity contribution in [2.75, 3.05) is 20.3 Å². The minimum Gasteiger partial charge on any atom is -0.504 e. The minimum atomic E-state index is -0.421. The zero-order valence-electron chi connectivity index (χ0n) is 14.4. The summed E-state index contributed by atoms with van der Waals surface area (Å²) in [4.78, 5) is 11.8. The Labute approximate surface area is 159 Å². The van der Waals surface area contributed by atoms with Gasteiger partial charge in [-0.25, -0.2) is 5.43 Å². The number of ether oxygens (including phenoxy) is 3. The van der Waals surface area contributed by atoms with Crippen molar-refractivity contribution in [1.82, 2.24) is 5.43 Å². The topological polar surface area (TPSA) is 89.4 Å². The average Bonchev–Trinajstić information content (AvgIpc) is 2.63. The first-order valence-electron chi connectivity index (χ1n) is 7.77. The third kappa shape index (κ3) is 5.66. The van der Waals surface area contributed by atoms with Gasteiger partial charge in [0.1, 0.15) is 0 Å². The normalized spacial score (nSPS) is 10.6. The van der Waals surface area contributed by atoms with E-state index in [1.165, 1.54) is 19.4 Å². The maximum absolute atomic E-state index is 11.8. The Bertz CT molecular complexity index is 795. The Kier molecular flexibility index (Phi) is 7.28. The SMILES string of the molecule is CCOc1cc(/C=N\NC(=O)COc2ccc(Br)cc2OC)ccc1O. The molecule has 0 saturated heterocycles. The Hall–Kier alpha value is -2.74. The van der Waals surface area contributed by atoms with E-state index in [1.54, 1.807) is 30.3 Å². The van der Waals surface area contributed by atoms with Crippen LogP contribution >= 0.6 is 15.9 Å². The Morgan fingerprint density at radius 3 is 2.73 bits per heavy atom. The van der Waals surface area contributed by atoms with Crippen molar-refractivity contribution in [2.45, 2.75) is 6.92 Å². The van der Waals surface area contributed by atoms with E-state index in [0.717, 1.165) is 4.47 Å². The number of carbonyl (C=O) groups is 1. The standard InChI is InChI=1S/C18H19BrN2O5/c1-3-25-16-8-12(4-6-14(16)22)10-20-21-18(23)11-26-15-7-5-13(19)9-17(15)24-2/h4-10,22H,3,11H2,1-2H3,(H,21,23)/b20-10-. The Balaban J connectivity index is 1.89. The van der Waals surface area contributed by atoms with Crippen molar-refractivity contribution in [3.05, 3.63) is 46.4 Å². The molecule has 0 unspecified atom stereocenters. The number of aromatic hydroxyl groups is 1. The third-order valence-corrected chi connectivity index (χ3v) is 3.66. The fraction of sp³-hybridized carbons (Fsp3) is 0.222. The highest BCUT2D eigenvalue weighted by Crippen LogP contribution is 2.30. The van der Waals surface area contributed by atoms with Gasteiger partial charge < -0.3 is 19.3 Å². The lowest BCUT2D eigenvalue weighted by Crippen LogP contribution is -2.24. The molecular formula is C18H19BrN2O5. The van der Waals surface area contributed by atoms with Crippen LogP contribution in [0.5, 0.6) is 23.0 Å². The van der Waals surface area contributed by atoms with Gasteiger partial charge in [0.15, 0.2) is 29.6 Å². The zero-order valence-corrected chi connectivity index (χ0v) is 15.9. The van der Waals surface area contributed by atoms with E-state index in [-0.39, 0.29) is 12.4 Å². The van der Waals surface area contributed by atoms with Gasteiger partial charge in [-0.2, -0.15) is 5.10 Å². The Morgan fingerprint density at radius 1 is 1.19 bits per heavy atom. The highest BCUT2D eigenvalue weighted by molar-refractivity contribution is 9.10. The minimum absolute atomic E-state index is 0.0462. The van der Waals surface area contributed by atoms with Crippen molar-refractivity contribution in [1.29, 1.82) is 0 Å². The summed E-state index contributed by atoms with van der Waals surface area (Å²) in [5.74, 6) is 0.950. The molecule has 2 aromatic carbocycles. The van der Waals surface area contributed by atoms with Crippen LogP contribution in [0, 0.1) is 0 Å². The number of phenols is 1. The second kappa shape index (κ2) is 9.67. The number of hydrogen-bond donors (Lipinski definition) is 2. The molecule has 2 N–H and O–H groups in total. The molecule has 138 valence electrons. The Morgan fingerprint density at radius 2 is 2.00 bits per heavy atom. The molecule has 26 heavy (non-hydrogen) atoms. The molecule has 0 spiro atoms. The highest BCUT2D eigenvalue weighted by Gasteiger charge is 2.08. The summed E-state index contributed by atoms with van der Waals surface area (Å²) in [6.07, 6.45) is 1.44. The number of phenolic OH excluding ortho intramolecular Hbond substituents is 1. The van der Waals surface area contributed by atoms with Crippen LogP contribution in [0.1, 0.15) is 12.5 Å². The summed E-state index contributed by atoms with van der Waals surface area (Å²) in [5.41, 5.74) is 3.04. The van der Waals surface area contributed by atoms with Gasteiger partial charge >= 0.3 is 0 Å². The average molecular weight is 423 g/mol. The van der Waals surface area contributed by atoms with Gasteiger partial charge in [0.05, 0.1) is 19.9 Å². The smallest absolute Gasteiger partial charge is 0.277 e. The number of methoxy groups -OCH3 is 1. The number of rotatable bonds is 8. The molecule has 0 aliphatic rings. The maximum Gasteiger partial charge on any atom is 0.277 e. The zero-order chi connectivity index (χ0) is 18.9. The van der Waals surface area contributed by atoms with Crippen molar-refractivity contribution in [3.8, 4) is 23.0 Å². The fourth-order valence-electron chi connectivity index (χ4n) is 2.00. The molecule has 0 aromatic heterocycles. The molecule has 0 atom stereocenters. The number of hydrogen-bond acceptors (Lipinski definition) is 6. The molecule has 0 radical (unpaired) electrons. The molecule has 0 bridgehead atoms. The van der Waals surface area contributed by atoms with Gasteiger partial charge in [-0.15, -0.1) is 0 Å². The monoisotopic (exact) mass is 422 g/mol. The van der Waals surface area contributed by atoms with Gasteiger partial charge in [0, 0.05) is 4.47 Å². The maximum atomic E-state index is 11.8. The molecule has 2 rings (SSSR count). The number of benzene rings is 2. The lowest BCUT2D eigenvalue weighted by Gasteiger charge is -2.10. The molecular weight excluding hydrogens is 404 g/mol. The first kappa shape index (κ1) is 19.6. The molecule has 7 nitrogen and oxygen atoms in total. The summed E-state index contributed by atoms with van der Waals surface area (Å²) in [5, 5.41) is 13.5. The van der Waals surface area contributed by atoms with E-state index >= 15 is 0 Å². The van der Waals surface area contributed by atoms with Gasteiger partial charge in [-0.3, -0.25) is 4.79 Å². The van der Waals surface area contributed by atoms with E-state index in [4.69, 9.17) is 14.2 Å². The van der Waals surface area contributed by atoms with Crippen LogP contribution in [0.15, 0.2) is 46.0 Å². The predicted molar refractivity (Wildman–Crippen MR) is 101 cm³/mol. The largest absolute Gasteiger partial charge is 0.504 e. The molecule has 0 heterocycles. The number of nitrogens with one attached hydrogen (secondary N) is 1. The number of hydrazone groups is 1. The molecule has 1 amide bonds. The van der Waals surface area contributed by atoms with E-state index in [0.29, 0.717) is 29.4 Å². The lowest BCUT2D eigenvalue weighted by atomic mass is 10.2. The van der Waals surface area contributed by atoms with Crippen LogP contribution < -0.4 is 19.6 Å². The molecule has 2 aromatic rings. The quantitative estimate of drug-likeness (QED) is 0.503. The van der Waals surface area contributed by atoms with Crippen LogP contribution in [0.3, 0.4) is 0 Å². The van der Waals surface area contributed by atoms with Crippen LogP contribution in [0.4, 0.5) is 0 Å².